The van der Waals surface area contributed by atoms with Gasteiger partial charge in [-0.3, -0.25) is 0 Å². The number of carbonyl (C=O) groups is 1. The molecular weight excluding hydrogens is 246 g/mol. The quantitative estimate of drug-likeness (QED) is 0.755. The van der Waals surface area contributed by atoms with E-state index in [1.165, 1.54) is 0 Å². The summed E-state index contributed by atoms with van der Waals surface area (Å²) in [6.45, 7) is 3.62. The average molecular weight is 265 g/mol. The van der Waals surface area contributed by atoms with Gasteiger partial charge in [0, 0.05) is 25.9 Å². The van der Waals surface area contributed by atoms with Crippen LogP contribution in [0.15, 0.2) is 18.2 Å². The molecular formula is C14H19NO4. The van der Waals surface area contributed by atoms with Crippen LogP contribution in [0.1, 0.15) is 15.9 Å². The minimum absolute atomic E-state index is 0.358. The highest BCUT2D eigenvalue weighted by Gasteiger charge is 2.19. The molecule has 1 aromatic rings. The van der Waals surface area contributed by atoms with Crippen LogP contribution < -0.4 is 4.90 Å². The topological polar surface area (TPSA) is 59.0 Å². The van der Waals surface area contributed by atoms with Crippen LogP contribution in [0.25, 0.3) is 0 Å². The Bertz CT molecular complexity index is 447. The number of anilines is 1. The van der Waals surface area contributed by atoms with Gasteiger partial charge in [-0.2, -0.15) is 0 Å². The minimum atomic E-state index is -0.871. The van der Waals surface area contributed by atoms with Gasteiger partial charge in [0.25, 0.3) is 0 Å². The van der Waals surface area contributed by atoms with Crippen LogP contribution in [0.2, 0.25) is 0 Å². The zero-order valence-corrected chi connectivity index (χ0v) is 11.1. The molecule has 0 amide bonds. The fourth-order valence-corrected chi connectivity index (χ4v) is 2.25. The van der Waals surface area contributed by atoms with Crippen molar-refractivity contribution in [2.24, 2.45) is 0 Å². The van der Waals surface area contributed by atoms with Crippen LogP contribution in [-0.2, 0) is 15.9 Å². The lowest BCUT2D eigenvalue weighted by molar-refractivity contribution is 0.0696. The number of carboxylic acids is 1. The zero-order chi connectivity index (χ0) is 13.7. The third kappa shape index (κ3) is 3.45. The van der Waals surface area contributed by atoms with Crippen molar-refractivity contribution in [2.45, 2.75) is 6.42 Å². The maximum Gasteiger partial charge on any atom is 0.335 e. The Morgan fingerprint density at radius 3 is 2.95 bits per heavy atom. The highest BCUT2D eigenvalue weighted by Crippen LogP contribution is 2.28. The molecule has 0 saturated carbocycles. The van der Waals surface area contributed by atoms with Gasteiger partial charge in [-0.1, -0.05) is 0 Å². The maximum atomic E-state index is 10.9. The lowest BCUT2D eigenvalue weighted by Gasteiger charge is -2.19. The van der Waals surface area contributed by atoms with Crippen LogP contribution in [-0.4, -0.2) is 51.1 Å². The molecule has 5 nitrogen and oxygen atoms in total. The number of ether oxygens (including phenoxy) is 2. The Morgan fingerprint density at radius 2 is 2.21 bits per heavy atom. The second-order valence-electron chi connectivity index (χ2n) is 4.49. The number of hydrogen-bond acceptors (Lipinski definition) is 4. The molecule has 104 valence electrons. The van der Waals surface area contributed by atoms with Crippen molar-refractivity contribution < 1.29 is 19.4 Å². The van der Waals surface area contributed by atoms with Crippen LogP contribution in [0, 0.1) is 0 Å². The summed E-state index contributed by atoms with van der Waals surface area (Å²) in [5, 5.41) is 8.96. The van der Waals surface area contributed by atoms with E-state index in [-0.39, 0.29) is 0 Å². The molecule has 0 spiro atoms. The van der Waals surface area contributed by atoms with E-state index in [1.807, 2.05) is 6.07 Å². The Morgan fingerprint density at radius 1 is 1.37 bits per heavy atom. The Hall–Kier alpha value is -1.59. The number of methoxy groups -OCH3 is 1. The van der Waals surface area contributed by atoms with Gasteiger partial charge in [0.15, 0.2) is 0 Å². The van der Waals surface area contributed by atoms with Crippen molar-refractivity contribution >= 4 is 11.7 Å². The fraction of sp³-hybridized carbons (Fsp3) is 0.500. The van der Waals surface area contributed by atoms with Crippen LogP contribution in [0.5, 0.6) is 0 Å². The fourth-order valence-electron chi connectivity index (χ4n) is 2.25. The van der Waals surface area contributed by atoms with E-state index in [0.29, 0.717) is 25.4 Å². The van der Waals surface area contributed by atoms with Crippen molar-refractivity contribution in [1.82, 2.24) is 0 Å². The van der Waals surface area contributed by atoms with Crippen molar-refractivity contribution in [3.8, 4) is 0 Å². The largest absolute Gasteiger partial charge is 0.478 e. The smallest absolute Gasteiger partial charge is 0.335 e. The standard InChI is InChI=1S/C14H19NO4/c1-18-8-9-19-7-6-15-5-4-11-10-12(14(16)17)2-3-13(11)15/h2-3,10H,4-9H2,1H3,(H,16,17). The maximum absolute atomic E-state index is 10.9. The van der Waals surface area contributed by atoms with Crippen molar-refractivity contribution in [2.75, 3.05) is 44.9 Å². The van der Waals surface area contributed by atoms with E-state index in [4.69, 9.17) is 14.6 Å². The van der Waals surface area contributed by atoms with Gasteiger partial charge in [0.2, 0.25) is 0 Å². The monoisotopic (exact) mass is 265 g/mol. The predicted molar refractivity (Wildman–Crippen MR) is 72.0 cm³/mol. The molecule has 0 atom stereocenters. The van der Waals surface area contributed by atoms with Gasteiger partial charge in [-0.25, -0.2) is 4.79 Å². The number of nitrogens with zero attached hydrogens (tertiary/aromatic N) is 1. The third-order valence-corrected chi connectivity index (χ3v) is 3.26. The van der Waals surface area contributed by atoms with E-state index < -0.39 is 5.97 Å². The molecule has 0 fully saturated rings. The molecule has 0 aromatic heterocycles. The van der Waals surface area contributed by atoms with Gasteiger partial charge >= 0.3 is 5.97 Å². The molecule has 19 heavy (non-hydrogen) atoms. The first kappa shape index (κ1) is 13.8. The zero-order valence-electron chi connectivity index (χ0n) is 11.1. The van der Waals surface area contributed by atoms with Crippen molar-refractivity contribution in [1.29, 1.82) is 0 Å². The van der Waals surface area contributed by atoms with E-state index in [0.717, 1.165) is 30.8 Å². The molecule has 0 aliphatic carbocycles. The number of benzene rings is 1. The molecule has 2 rings (SSSR count). The molecule has 1 N–H and O–H groups in total. The Balaban J connectivity index is 1.89. The summed E-state index contributed by atoms with van der Waals surface area (Å²) in [6.07, 6.45) is 0.897. The molecule has 0 unspecified atom stereocenters. The first-order chi connectivity index (χ1) is 9.22. The van der Waals surface area contributed by atoms with Gasteiger partial charge in [0.05, 0.1) is 25.4 Å². The van der Waals surface area contributed by atoms with E-state index in [9.17, 15) is 4.79 Å². The van der Waals surface area contributed by atoms with Crippen LogP contribution in [0.3, 0.4) is 0 Å². The van der Waals surface area contributed by atoms with Gasteiger partial charge in [-0.15, -0.1) is 0 Å². The molecule has 1 aliphatic rings. The molecule has 5 heteroatoms. The van der Waals surface area contributed by atoms with Crippen molar-refractivity contribution in [3.63, 3.8) is 0 Å². The number of fused-ring (bicyclic) bond motifs is 1. The lowest BCUT2D eigenvalue weighted by atomic mass is 10.1. The summed E-state index contributed by atoms with van der Waals surface area (Å²) in [4.78, 5) is 13.1. The first-order valence-electron chi connectivity index (χ1n) is 6.40. The minimum Gasteiger partial charge on any atom is -0.478 e. The summed E-state index contributed by atoms with van der Waals surface area (Å²) < 4.78 is 10.4. The first-order valence-corrected chi connectivity index (χ1v) is 6.40. The second-order valence-corrected chi connectivity index (χ2v) is 4.49. The number of hydrogen-bond donors (Lipinski definition) is 1. The Labute approximate surface area is 112 Å². The summed E-state index contributed by atoms with van der Waals surface area (Å²) in [5.41, 5.74) is 2.59. The van der Waals surface area contributed by atoms with E-state index in [1.54, 1.807) is 19.2 Å². The summed E-state index contributed by atoms with van der Waals surface area (Å²) in [5.74, 6) is -0.871. The van der Waals surface area contributed by atoms with E-state index in [2.05, 4.69) is 4.90 Å². The van der Waals surface area contributed by atoms with Gasteiger partial charge < -0.3 is 19.5 Å². The summed E-state index contributed by atoms with van der Waals surface area (Å²) >= 11 is 0. The molecule has 0 radical (unpaired) electrons. The second kappa shape index (κ2) is 6.54. The summed E-state index contributed by atoms with van der Waals surface area (Å²) in [7, 11) is 1.65. The normalized spacial score (nSPS) is 13.6. The number of aromatic carboxylic acids is 1. The van der Waals surface area contributed by atoms with Crippen LogP contribution in [0.4, 0.5) is 5.69 Å². The van der Waals surface area contributed by atoms with Gasteiger partial charge in [-0.05, 0) is 30.2 Å². The molecule has 0 bridgehead atoms. The Kier molecular flexibility index (Phi) is 4.76. The van der Waals surface area contributed by atoms with Gasteiger partial charge in [0.1, 0.15) is 0 Å². The molecule has 1 heterocycles. The van der Waals surface area contributed by atoms with Crippen molar-refractivity contribution in [3.05, 3.63) is 29.3 Å². The average Bonchev–Trinajstić information content (AvgIpc) is 2.81. The number of carboxylic acid groups (broad SMARTS) is 1. The summed E-state index contributed by atoms with van der Waals surface area (Å²) in [6, 6.07) is 5.32. The lowest BCUT2D eigenvalue weighted by Crippen LogP contribution is -2.25. The highest BCUT2D eigenvalue weighted by molar-refractivity contribution is 5.88. The predicted octanol–water partition coefficient (Wildman–Crippen LogP) is 1.41. The highest BCUT2D eigenvalue weighted by atomic mass is 16.5. The molecule has 1 aliphatic heterocycles. The number of rotatable bonds is 7. The third-order valence-electron chi connectivity index (χ3n) is 3.26. The molecule has 1 aromatic carbocycles. The van der Waals surface area contributed by atoms with E-state index >= 15 is 0 Å². The SMILES string of the molecule is COCCOCCN1CCc2cc(C(=O)O)ccc21. The van der Waals surface area contributed by atoms with Crippen LogP contribution >= 0.6 is 0 Å². The molecule has 0 saturated heterocycles.